The first-order chi connectivity index (χ1) is 9.02. The Labute approximate surface area is 119 Å². The van der Waals surface area contributed by atoms with Crippen molar-refractivity contribution in [2.45, 2.75) is 13.3 Å². The van der Waals surface area contributed by atoms with Crippen LogP contribution in [-0.4, -0.2) is 10.9 Å². The van der Waals surface area contributed by atoms with Gasteiger partial charge in [0.1, 0.15) is 11.6 Å². The largest absolute Gasteiger partial charge is 0.507 e. The monoisotopic (exact) mass is 322 g/mol. The van der Waals surface area contributed by atoms with Gasteiger partial charge in [0, 0.05) is 22.0 Å². The fourth-order valence-electron chi connectivity index (χ4n) is 1.90. The average Bonchev–Trinajstić information content (AvgIpc) is 2.41. The molecule has 0 amide bonds. The van der Waals surface area contributed by atoms with Gasteiger partial charge in [-0.15, -0.1) is 0 Å². The van der Waals surface area contributed by atoms with Gasteiger partial charge in [-0.1, -0.05) is 28.9 Å². The Kier molecular flexibility index (Phi) is 4.00. The average molecular weight is 323 g/mol. The Morgan fingerprint density at radius 3 is 2.63 bits per heavy atom. The molecule has 0 saturated heterocycles. The van der Waals surface area contributed by atoms with Crippen molar-refractivity contribution < 1.29 is 14.3 Å². The molecule has 98 valence electrons. The standard InChI is InChI=1S/C15H12BrFO2/c1-2-14(18)13-8-10(17)4-5-11(13)12-7-9(16)3-6-15(12)19/h3-8,19H,2H2,1H3. The molecule has 0 fully saturated rings. The van der Waals surface area contributed by atoms with Gasteiger partial charge < -0.3 is 5.11 Å². The molecule has 1 N–H and O–H groups in total. The molecule has 0 radical (unpaired) electrons. The van der Waals surface area contributed by atoms with Crippen LogP contribution in [0.25, 0.3) is 11.1 Å². The van der Waals surface area contributed by atoms with Gasteiger partial charge >= 0.3 is 0 Å². The second-order valence-corrected chi connectivity index (χ2v) is 5.04. The van der Waals surface area contributed by atoms with E-state index in [0.717, 1.165) is 4.47 Å². The number of rotatable bonds is 3. The lowest BCUT2D eigenvalue weighted by atomic mass is 9.95. The number of carbonyl (C=O) groups excluding carboxylic acids is 1. The van der Waals surface area contributed by atoms with Crippen LogP contribution in [-0.2, 0) is 0 Å². The van der Waals surface area contributed by atoms with E-state index in [1.54, 1.807) is 19.1 Å². The van der Waals surface area contributed by atoms with E-state index in [-0.39, 0.29) is 23.5 Å². The number of Topliss-reactive ketones (excluding diaryl/α,β-unsaturated/α-hetero) is 1. The van der Waals surface area contributed by atoms with Crippen molar-refractivity contribution in [1.29, 1.82) is 0 Å². The molecule has 4 heteroatoms. The molecule has 0 saturated carbocycles. The van der Waals surface area contributed by atoms with Crippen LogP contribution in [0.3, 0.4) is 0 Å². The number of hydrogen-bond donors (Lipinski definition) is 1. The Bertz CT molecular complexity index is 638. The third-order valence-corrected chi connectivity index (χ3v) is 3.35. The van der Waals surface area contributed by atoms with Crippen LogP contribution in [0, 0.1) is 5.82 Å². The highest BCUT2D eigenvalue weighted by Crippen LogP contribution is 2.34. The Balaban J connectivity index is 2.68. The summed E-state index contributed by atoms with van der Waals surface area (Å²) >= 11 is 3.32. The smallest absolute Gasteiger partial charge is 0.163 e. The summed E-state index contributed by atoms with van der Waals surface area (Å²) in [7, 11) is 0. The van der Waals surface area contributed by atoms with Crippen LogP contribution in [0.1, 0.15) is 23.7 Å². The first-order valence-electron chi connectivity index (χ1n) is 5.84. The van der Waals surface area contributed by atoms with Crippen LogP contribution >= 0.6 is 15.9 Å². The Morgan fingerprint density at radius 2 is 1.95 bits per heavy atom. The molecule has 2 nitrogen and oxygen atoms in total. The first-order valence-corrected chi connectivity index (χ1v) is 6.64. The quantitative estimate of drug-likeness (QED) is 0.841. The predicted molar refractivity (Wildman–Crippen MR) is 75.8 cm³/mol. The minimum atomic E-state index is -0.463. The maximum absolute atomic E-state index is 13.3. The van der Waals surface area contributed by atoms with Gasteiger partial charge in [0.05, 0.1) is 0 Å². The third-order valence-electron chi connectivity index (χ3n) is 2.85. The SMILES string of the molecule is CCC(=O)c1cc(F)ccc1-c1cc(Br)ccc1O. The van der Waals surface area contributed by atoms with Gasteiger partial charge in [-0.25, -0.2) is 4.39 Å². The minimum absolute atomic E-state index is 0.0555. The Morgan fingerprint density at radius 1 is 1.21 bits per heavy atom. The van der Waals surface area contributed by atoms with E-state index < -0.39 is 5.82 Å². The first kappa shape index (κ1) is 13.7. The highest BCUT2D eigenvalue weighted by atomic mass is 79.9. The zero-order chi connectivity index (χ0) is 14.0. The lowest BCUT2D eigenvalue weighted by Crippen LogP contribution is -2.00. The van der Waals surface area contributed by atoms with Crippen molar-refractivity contribution >= 4 is 21.7 Å². The molecule has 19 heavy (non-hydrogen) atoms. The van der Waals surface area contributed by atoms with Gasteiger partial charge in [-0.2, -0.15) is 0 Å². The molecule has 0 aliphatic heterocycles. The number of phenolic OH excluding ortho intramolecular Hbond substituents is 1. The molecule has 0 aromatic heterocycles. The maximum atomic E-state index is 13.3. The van der Waals surface area contributed by atoms with Crippen LogP contribution < -0.4 is 0 Å². The zero-order valence-corrected chi connectivity index (χ0v) is 11.9. The van der Waals surface area contributed by atoms with E-state index in [0.29, 0.717) is 11.1 Å². The van der Waals surface area contributed by atoms with Gasteiger partial charge in [0.25, 0.3) is 0 Å². The molecule has 0 aliphatic rings. The summed E-state index contributed by atoms with van der Waals surface area (Å²) in [6.45, 7) is 1.72. The molecule has 0 aliphatic carbocycles. The highest BCUT2D eigenvalue weighted by molar-refractivity contribution is 9.10. The van der Waals surface area contributed by atoms with E-state index in [4.69, 9.17) is 0 Å². The normalized spacial score (nSPS) is 10.5. The molecule has 0 unspecified atom stereocenters. The molecular formula is C15H12BrFO2. The molecular weight excluding hydrogens is 311 g/mol. The molecule has 0 heterocycles. The van der Waals surface area contributed by atoms with Gasteiger partial charge in [-0.3, -0.25) is 4.79 Å². The fraction of sp³-hybridized carbons (Fsp3) is 0.133. The van der Waals surface area contributed by atoms with Crippen LogP contribution in [0.5, 0.6) is 5.75 Å². The number of benzene rings is 2. The third kappa shape index (κ3) is 2.84. The summed E-state index contributed by atoms with van der Waals surface area (Å²) in [6, 6.07) is 8.94. The number of aromatic hydroxyl groups is 1. The number of halogens is 2. The van der Waals surface area contributed by atoms with Gasteiger partial charge in [-0.05, 0) is 35.9 Å². The molecule has 0 bridgehead atoms. The van der Waals surface area contributed by atoms with E-state index >= 15 is 0 Å². The molecule has 0 spiro atoms. The highest BCUT2D eigenvalue weighted by Gasteiger charge is 2.15. The number of ketones is 1. The second-order valence-electron chi connectivity index (χ2n) is 4.13. The summed E-state index contributed by atoms with van der Waals surface area (Å²) in [6.07, 6.45) is 0.283. The number of hydrogen-bond acceptors (Lipinski definition) is 2. The summed E-state index contributed by atoms with van der Waals surface area (Å²) in [5.74, 6) is -0.566. The summed E-state index contributed by atoms with van der Waals surface area (Å²) in [5, 5.41) is 9.91. The van der Waals surface area contributed by atoms with E-state index in [9.17, 15) is 14.3 Å². The van der Waals surface area contributed by atoms with Crippen LogP contribution in [0.2, 0.25) is 0 Å². The van der Waals surface area contributed by atoms with Crippen molar-refractivity contribution in [1.82, 2.24) is 0 Å². The minimum Gasteiger partial charge on any atom is -0.507 e. The fourth-order valence-corrected chi connectivity index (χ4v) is 2.26. The Hall–Kier alpha value is -1.68. The number of carbonyl (C=O) groups is 1. The number of phenols is 1. The molecule has 2 rings (SSSR count). The van der Waals surface area contributed by atoms with Crippen molar-refractivity contribution in [2.24, 2.45) is 0 Å². The molecule has 0 atom stereocenters. The molecule has 2 aromatic rings. The van der Waals surface area contributed by atoms with E-state index in [2.05, 4.69) is 15.9 Å². The lowest BCUT2D eigenvalue weighted by molar-refractivity contribution is 0.0988. The zero-order valence-electron chi connectivity index (χ0n) is 10.3. The van der Waals surface area contributed by atoms with E-state index in [1.165, 1.54) is 24.3 Å². The summed E-state index contributed by atoms with van der Waals surface area (Å²) < 4.78 is 14.1. The van der Waals surface area contributed by atoms with Crippen molar-refractivity contribution in [3.8, 4) is 16.9 Å². The topological polar surface area (TPSA) is 37.3 Å². The van der Waals surface area contributed by atoms with Crippen molar-refractivity contribution in [2.75, 3.05) is 0 Å². The van der Waals surface area contributed by atoms with Crippen LogP contribution in [0.4, 0.5) is 4.39 Å². The lowest BCUT2D eigenvalue weighted by Gasteiger charge is -2.10. The summed E-state index contributed by atoms with van der Waals surface area (Å²) in [4.78, 5) is 11.9. The van der Waals surface area contributed by atoms with Crippen molar-refractivity contribution in [3.05, 3.63) is 52.3 Å². The van der Waals surface area contributed by atoms with Gasteiger partial charge in [0.2, 0.25) is 0 Å². The molecule has 2 aromatic carbocycles. The van der Waals surface area contributed by atoms with Gasteiger partial charge in [0.15, 0.2) is 5.78 Å². The van der Waals surface area contributed by atoms with E-state index in [1.807, 2.05) is 0 Å². The second kappa shape index (κ2) is 5.53. The maximum Gasteiger partial charge on any atom is 0.163 e. The van der Waals surface area contributed by atoms with Crippen LogP contribution in [0.15, 0.2) is 40.9 Å². The van der Waals surface area contributed by atoms with Crippen molar-refractivity contribution in [3.63, 3.8) is 0 Å². The predicted octanol–water partition coefficient (Wildman–Crippen LogP) is 4.55. The summed E-state index contributed by atoms with van der Waals surface area (Å²) in [5.41, 5.74) is 1.33.